The van der Waals surface area contributed by atoms with Crippen LogP contribution in [-0.4, -0.2) is 61.0 Å². The summed E-state index contributed by atoms with van der Waals surface area (Å²) in [6.45, 7) is 0.669. The Morgan fingerprint density at radius 2 is 2.13 bits per heavy atom. The number of nitrogens with one attached hydrogen (secondary N) is 1. The van der Waals surface area contributed by atoms with Gasteiger partial charge in [0.15, 0.2) is 0 Å². The van der Waals surface area contributed by atoms with Crippen LogP contribution in [0.15, 0.2) is 12.7 Å². The van der Waals surface area contributed by atoms with Gasteiger partial charge in [-0.25, -0.2) is 4.98 Å². The molecule has 1 aliphatic heterocycles. The highest BCUT2D eigenvalue weighted by atomic mass is 16.4. The third kappa shape index (κ3) is 2.15. The summed E-state index contributed by atoms with van der Waals surface area (Å²) in [6.07, 6.45) is -0.100. The summed E-state index contributed by atoms with van der Waals surface area (Å²) in [5, 5.41) is 35.3. The Morgan fingerprint density at radius 1 is 1.33 bits per heavy atom. The molecular formula is C8H14N4O3. The molecule has 0 saturated carbocycles. The first-order chi connectivity index (χ1) is 7.18. The minimum atomic E-state index is -1.11. The van der Waals surface area contributed by atoms with Crippen molar-refractivity contribution in [2.75, 3.05) is 6.54 Å². The second kappa shape index (κ2) is 4.23. The SMILES string of the molecule is OC1CNC(Cn2cncn2)C(O)C1O. The molecule has 7 nitrogen and oxygen atoms in total. The molecule has 0 aliphatic carbocycles. The van der Waals surface area contributed by atoms with E-state index >= 15 is 0 Å². The predicted octanol–water partition coefficient (Wildman–Crippen LogP) is -2.67. The lowest BCUT2D eigenvalue weighted by atomic mass is 9.96. The van der Waals surface area contributed by atoms with Crippen molar-refractivity contribution in [1.82, 2.24) is 20.1 Å². The Balaban J connectivity index is 1.98. The van der Waals surface area contributed by atoms with E-state index in [-0.39, 0.29) is 12.6 Å². The van der Waals surface area contributed by atoms with Gasteiger partial charge in [0.05, 0.1) is 24.8 Å². The topological polar surface area (TPSA) is 103 Å². The molecule has 1 fully saturated rings. The first-order valence-electron chi connectivity index (χ1n) is 4.78. The highest BCUT2D eigenvalue weighted by Gasteiger charge is 2.36. The minimum Gasteiger partial charge on any atom is -0.389 e. The fourth-order valence-corrected chi connectivity index (χ4v) is 1.68. The molecule has 4 unspecified atom stereocenters. The van der Waals surface area contributed by atoms with E-state index in [1.807, 2.05) is 0 Å². The summed E-state index contributed by atoms with van der Waals surface area (Å²) in [7, 11) is 0. The van der Waals surface area contributed by atoms with Crippen LogP contribution in [0.5, 0.6) is 0 Å². The molecule has 7 heteroatoms. The van der Waals surface area contributed by atoms with Crippen LogP contribution in [0, 0.1) is 0 Å². The number of aromatic nitrogens is 3. The van der Waals surface area contributed by atoms with Crippen molar-refractivity contribution in [3.8, 4) is 0 Å². The van der Waals surface area contributed by atoms with Crippen molar-refractivity contribution in [3.05, 3.63) is 12.7 Å². The molecule has 2 heterocycles. The van der Waals surface area contributed by atoms with Crippen molar-refractivity contribution in [2.24, 2.45) is 0 Å². The van der Waals surface area contributed by atoms with E-state index in [9.17, 15) is 15.3 Å². The van der Waals surface area contributed by atoms with E-state index in [1.54, 1.807) is 4.68 Å². The van der Waals surface area contributed by atoms with Crippen molar-refractivity contribution < 1.29 is 15.3 Å². The van der Waals surface area contributed by atoms with Crippen LogP contribution < -0.4 is 5.32 Å². The minimum absolute atomic E-state index is 0.261. The zero-order chi connectivity index (χ0) is 10.8. The average molecular weight is 214 g/mol. The number of aliphatic hydroxyl groups is 3. The van der Waals surface area contributed by atoms with Gasteiger partial charge in [-0.2, -0.15) is 5.10 Å². The molecule has 0 spiro atoms. The van der Waals surface area contributed by atoms with Crippen LogP contribution >= 0.6 is 0 Å². The Kier molecular flexibility index (Phi) is 2.96. The molecule has 15 heavy (non-hydrogen) atoms. The van der Waals surface area contributed by atoms with Crippen LogP contribution in [0.4, 0.5) is 0 Å². The van der Waals surface area contributed by atoms with Gasteiger partial charge in [-0.1, -0.05) is 0 Å². The third-order valence-corrected chi connectivity index (χ3v) is 2.60. The van der Waals surface area contributed by atoms with E-state index in [1.165, 1.54) is 12.7 Å². The molecule has 0 bridgehead atoms. The number of aliphatic hydroxyl groups excluding tert-OH is 3. The van der Waals surface area contributed by atoms with Gasteiger partial charge in [-0.15, -0.1) is 0 Å². The number of nitrogens with zero attached hydrogens (tertiary/aromatic N) is 3. The molecular weight excluding hydrogens is 200 g/mol. The summed E-state index contributed by atoms with van der Waals surface area (Å²) in [6, 6.07) is -0.329. The van der Waals surface area contributed by atoms with E-state index in [2.05, 4.69) is 15.4 Å². The van der Waals surface area contributed by atoms with Gasteiger partial charge < -0.3 is 20.6 Å². The lowest BCUT2D eigenvalue weighted by Crippen LogP contribution is -2.60. The third-order valence-electron chi connectivity index (χ3n) is 2.60. The number of piperidine rings is 1. The second-order valence-corrected chi connectivity index (χ2v) is 3.68. The lowest BCUT2D eigenvalue weighted by molar-refractivity contribution is -0.0966. The standard InChI is InChI=1S/C8H14N4O3/c13-6-1-10-5(7(14)8(6)15)2-12-4-9-3-11-12/h3-8,10,13-15H,1-2H2. The van der Waals surface area contributed by atoms with Crippen LogP contribution in [-0.2, 0) is 6.54 Å². The molecule has 1 aromatic heterocycles. The number of hydrogen-bond donors (Lipinski definition) is 4. The van der Waals surface area contributed by atoms with Gasteiger partial charge in [-0.3, -0.25) is 4.68 Å². The maximum Gasteiger partial charge on any atom is 0.137 e. The molecule has 84 valence electrons. The number of β-amino-alcohol motifs (C(OH)–C–C–N with tert-alkyl or cyclic N) is 1. The molecule has 1 saturated heterocycles. The molecule has 4 atom stereocenters. The first-order valence-corrected chi connectivity index (χ1v) is 4.78. The Morgan fingerprint density at radius 3 is 2.80 bits per heavy atom. The van der Waals surface area contributed by atoms with E-state index in [4.69, 9.17) is 0 Å². The Hall–Kier alpha value is -1.02. The van der Waals surface area contributed by atoms with Gasteiger partial charge in [0.25, 0.3) is 0 Å². The fourth-order valence-electron chi connectivity index (χ4n) is 1.68. The summed E-state index contributed by atoms with van der Waals surface area (Å²) < 4.78 is 1.56. The smallest absolute Gasteiger partial charge is 0.137 e. The summed E-state index contributed by atoms with van der Waals surface area (Å²) in [5.74, 6) is 0. The average Bonchev–Trinajstić information content (AvgIpc) is 2.72. The molecule has 0 radical (unpaired) electrons. The molecule has 1 aromatic rings. The number of hydrogen-bond acceptors (Lipinski definition) is 6. The van der Waals surface area contributed by atoms with Gasteiger partial charge in [0, 0.05) is 6.54 Å². The fraction of sp³-hybridized carbons (Fsp3) is 0.750. The Bertz CT molecular complexity index is 305. The maximum atomic E-state index is 9.67. The van der Waals surface area contributed by atoms with Crippen molar-refractivity contribution in [1.29, 1.82) is 0 Å². The molecule has 4 N–H and O–H groups in total. The van der Waals surface area contributed by atoms with Crippen LogP contribution in [0.2, 0.25) is 0 Å². The van der Waals surface area contributed by atoms with E-state index in [0.29, 0.717) is 6.54 Å². The normalized spacial score (nSPS) is 36.7. The monoisotopic (exact) mass is 214 g/mol. The van der Waals surface area contributed by atoms with Crippen LogP contribution in [0.3, 0.4) is 0 Å². The van der Waals surface area contributed by atoms with Crippen molar-refractivity contribution >= 4 is 0 Å². The first kappa shape index (κ1) is 10.5. The summed E-state index contributed by atoms with van der Waals surface area (Å²) in [4.78, 5) is 3.78. The summed E-state index contributed by atoms with van der Waals surface area (Å²) >= 11 is 0. The van der Waals surface area contributed by atoms with Crippen molar-refractivity contribution in [3.63, 3.8) is 0 Å². The quantitative estimate of drug-likeness (QED) is 0.428. The lowest BCUT2D eigenvalue weighted by Gasteiger charge is -2.35. The van der Waals surface area contributed by atoms with Gasteiger partial charge >= 0.3 is 0 Å². The van der Waals surface area contributed by atoms with E-state index in [0.717, 1.165) is 0 Å². The van der Waals surface area contributed by atoms with E-state index < -0.39 is 18.3 Å². The Labute approximate surface area is 86.4 Å². The van der Waals surface area contributed by atoms with Crippen molar-refractivity contribution in [2.45, 2.75) is 30.9 Å². The predicted molar refractivity (Wildman–Crippen MR) is 49.8 cm³/mol. The van der Waals surface area contributed by atoms with Gasteiger partial charge in [0.1, 0.15) is 18.8 Å². The highest BCUT2D eigenvalue weighted by Crippen LogP contribution is 2.11. The zero-order valence-corrected chi connectivity index (χ0v) is 8.06. The zero-order valence-electron chi connectivity index (χ0n) is 8.06. The van der Waals surface area contributed by atoms with Crippen LogP contribution in [0.25, 0.3) is 0 Å². The highest BCUT2D eigenvalue weighted by molar-refractivity contribution is 4.91. The second-order valence-electron chi connectivity index (χ2n) is 3.68. The molecule has 2 rings (SSSR count). The van der Waals surface area contributed by atoms with Gasteiger partial charge in [0.2, 0.25) is 0 Å². The molecule has 0 amide bonds. The maximum absolute atomic E-state index is 9.67. The number of rotatable bonds is 2. The van der Waals surface area contributed by atoms with Crippen LogP contribution in [0.1, 0.15) is 0 Å². The largest absolute Gasteiger partial charge is 0.389 e. The summed E-state index contributed by atoms with van der Waals surface area (Å²) in [5.41, 5.74) is 0. The van der Waals surface area contributed by atoms with Gasteiger partial charge in [-0.05, 0) is 0 Å². The molecule has 0 aromatic carbocycles. The molecule has 1 aliphatic rings.